The molecule has 2 aliphatic heterocycles. The van der Waals surface area contributed by atoms with E-state index in [1.807, 2.05) is 30.0 Å². The molecule has 0 saturated carbocycles. The molecule has 0 aliphatic carbocycles. The molecule has 0 bridgehead atoms. The van der Waals surface area contributed by atoms with Crippen LogP contribution in [0.1, 0.15) is 34.3 Å². The number of hydrogen-bond acceptors (Lipinski definition) is 5. The van der Waals surface area contributed by atoms with E-state index in [0.29, 0.717) is 31.9 Å². The van der Waals surface area contributed by atoms with Gasteiger partial charge in [0.05, 0.1) is 31.4 Å². The summed E-state index contributed by atoms with van der Waals surface area (Å²) in [7, 11) is 0. The highest BCUT2D eigenvalue weighted by Gasteiger charge is 2.49. The van der Waals surface area contributed by atoms with Gasteiger partial charge < -0.3 is 14.4 Å². The lowest BCUT2D eigenvalue weighted by Gasteiger charge is -2.53. The van der Waals surface area contributed by atoms with Gasteiger partial charge in [0.2, 0.25) is 0 Å². The molecule has 2 saturated heterocycles. The van der Waals surface area contributed by atoms with E-state index in [4.69, 9.17) is 9.47 Å². The Kier molecular flexibility index (Phi) is 4.70. The summed E-state index contributed by atoms with van der Waals surface area (Å²) in [5.41, 5.74) is 2.50. The Morgan fingerprint density at radius 2 is 2.12 bits per heavy atom. The quantitative estimate of drug-likeness (QED) is 0.844. The van der Waals surface area contributed by atoms with Crippen LogP contribution in [0.15, 0.2) is 43.0 Å². The van der Waals surface area contributed by atoms with E-state index in [-0.39, 0.29) is 17.6 Å². The third kappa shape index (κ3) is 3.61. The average Bonchev–Trinajstić information content (AvgIpc) is 2.65. The van der Waals surface area contributed by atoms with Gasteiger partial charge in [0.25, 0.3) is 5.91 Å². The van der Waals surface area contributed by atoms with Crippen LogP contribution in [0.4, 0.5) is 0 Å². The van der Waals surface area contributed by atoms with E-state index in [1.165, 1.54) is 0 Å². The molecule has 0 unspecified atom stereocenters. The van der Waals surface area contributed by atoms with Crippen molar-refractivity contribution in [2.24, 2.45) is 0 Å². The first-order valence-electron chi connectivity index (χ1n) is 8.99. The normalized spacial score (nSPS) is 21.4. The van der Waals surface area contributed by atoms with E-state index in [0.717, 1.165) is 24.0 Å². The van der Waals surface area contributed by atoms with Crippen molar-refractivity contribution in [2.75, 3.05) is 19.7 Å². The van der Waals surface area contributed by atoms with Crippen LogP contribution in [0.3, 0.4) is 0 Å². The van der Waals surface area contributed by atoms with E-state index >= 15 is 0 Å². The molecule has 26 heavy (non-hydrogen) atoms. The van der Waals surface area contributed by atoms with Gasteiger partial charge in [-0.05, 0) is 42.7 Å². The molecule has 4 heterocycles. The molecule has 2 fully saturated rings. The third-order valence-electron chi connectivity index (χ3n) is 5.05. The molecule has 0 radical (unpaired) electrons. The molecule has 6 heteroatoms. The number of rotatable bonds is 4. The molecule has 2 aromatic rings. The molecule has 6 nitrogen and oxygen atoms in total. The number of aryl methyl sites for hydroxylation is 1. The first-order valence-corrected chi connectivity index (χ1v) is 8.99. The van der Waals surface area contributed by atoms with Gasteiger partial charge in [0.1, 0.15) is 5.60 Å². The summed E-state index contributed by atoms with van der Waals surface area (Å²) in [6.45, 7) is 4.44. The predicted molar refractivity (Wildman–Crippen MR) is 95.6 cm³/mol. The molecule has 4 rings (SSSR count). The first-order chi connectivity index (χ1) is 12.6. The summed E-state index contributed by atoms with van der Waals surface area (Å²) in [4.78, 5) is 22.6. The van der Waals surface area contributed by atoms with Crippen LogP contribution >= 0.6 is 0 Å². The van der Waals surface area contributed by atoms with Gasteiger partial charge in [0, 0.05) is 37.8 Å². The Labute approximate surface area is 153 Å². The first kappa shape index (κ1) is 17.1. The smallest absolute Gasteiger partial charge is 0.255 e. The fourth-order valence-corrected chi connectivity index (χ4v) is 3.69. The highest BCUT2D eigenvalue weighted by molar-refractivity contribution is 5.94. The fraction of sp³-hybridized carbons (Fsp3) is 0.450. The van der Waals surface area contributed by atoms with Crippen LogP contribution in [0.25, 0.3) is 0 Å². The summed E-state index contributed by atoms with van der Waals surface area (Å²) < 4.78 is 12.1. The highest BCUT2D eigenvalue weighted by Crippen LogP contribution is 2.36. The van der Waals surface area contributed by atoms with E-state index in [2.05, 4.69) is 9.97 Å². The van der Waals surface area contributed by atoms with Crippen LogP contribution < -0.4 is 0 Å². The summed E-state index contributed by atoms with van der Waals surface area (Å²) in [6, 6.07) is 5.81. The second kappa shape index (κ2) is 7.13. The van der Waals surface area contributed by atoms with Crippen molar-refractivity contribution >= 4 is 5.91 Å². The standard InChI is InChI=1S/C20H23N3O3/c1-15-8-17(11-22-10-15)19(24)23-13-20(14-23)9-18(4-7-26-20)25-12-16-2-5-21-6-3-16/h2-3,5-6,8,10-11,18H,4,7,9,12-14H2,1H3/t18-/m1/s1. The highest BCUT2D eigenvalue weighted by atomic mass is 16.5. The van der Waals surface area contributed by atoms with E-state index in [1.54, 1.807) is 24.8 Å². The Bertz CT molecular complexity index is 775. The zero-order valence-electron chi connectivity index (χ0n) is 14.9. The minimum absolute atomic E-state index is 0.0234. The van der Waals surface area contributed by atoms with E-state index in [9.17, 15) is 4.79 Å². The number of hydrogen-bond donors (Lipinski definition) is 0. The molecule has 2 aliphatic rings. The fourth-order valence-electron chi connectivity index (χ4n) is 3.69. The maximum absolute atomic E-state index is 12.6. The Morgan fingerprint density at radius 3 is 2.88 bits per heavy atom. The molecule has 136 valence electrons. The summed E-state index contributed by atoms with van der Waals surface area (Å²) >= 11 is 0. The monoisotopic (exact) mass is 353 g/mol. The van der Waals surface area contributed by atoms with Gasteiger partial charge in [-0.3, -0.25) is 14.8 Å². The summed E-state index contributed by atoms with van der Waals surface area (Å²) in [6.07, 6.45) is 8.82. The maximum Gasteiger partial charge on any atom is 0.255 e. The van der Waals surface area contributed by atoms with Crippen LogP contribution in [0.2, 0.25) is 0 Å². The number of pyridine rings is 2. The van der Waals surface area contributed by atoms with Gasteiger partial charge in [0.15, 0.2) is 0 Å². The number of carbonyl (C=O) groups is 1. The molecular formula is C20H23N3O3. The van der Waals surface area contributed by atoms with Crippen molar-refractivity contribution in [3.63, 3.8) is 0 Å². The summed E-state index contributed by atoms with van der Waals surface area (Å²) in [5.74, 6) is 0.0234. The van der Waals surface area contributed by atoms with Gasteiger partial charge in [-0.1, -0.05) is 0 Å². The topological polar surface area (TPSA) is 64.6 Å². The van der Waals surface area contributed by atoms with Crippen molar-refractivity contribution in [1.29, 1.82) is 0 Å². The predicted octanol–water partition coefficient (Wildman–Crippen LogP) is 2.38. The lowest BCUT2D eigenvalue weighted by atomic mass is 9.84. The largest absolute Gasteiger partial charge is 0.373 e. The number of carbonyl (C=O) groups excluding carboxylic acids is 1. The van der Waals surface area contributed by atoms with E-state index < -0.39 is 0 Å². The zero-order chi connectivity index (χ0) is 18.0. The van der Waals surface area contributed by atoms with Crippen molar-refractivity contribution in [3.05, 3.63) is 59.7 Å². The number of aromatic nitrogens is 2. The van der Waals surface area contributed by atoms with Crippen LogP contribution in [-0.4, -0.2) is 52.2 Å². The second-order valence-corrected chi connectivity index (χ2v) is 7.22. The van der Waals surface area contributed by atoms with Gasteiger partial charge in [-0.25, -0.2) is 0 Å². The van der Waals surface area contributed by atoms with Crippen LogP contribution in [0, 0.1) is 6.92 Å². The van der Waals surface area contributed by atoms with Crippen molar-refractivity contribution < 1.29 is 14.3 Å². The molecule has 1 spiro atoms. The summed E-state index contributed by atoms with van der Waals surface area (Å²) in [5, 5.41) is 0. The van der Waals surface area contributed by atoms with Crippen molar-refractivity contribution in [1.82, 2.24) is 14.9 Å². The lowest BCUT2D eigenvalue weighted by molar-refractivity contribution is -0.188. The lowest BCUT2D eigenvalue weighted by Crippen LogP contribution is -2.67. The SMILES string of the molecule is Cc1cncc(C(=O)N2CC3(C[C@H](OCc4ccncc4)CCO3)C2)c1. The Morgan fingerprint density at radius 1 is 1.31 bits per heavy atom. The molecule has 2 aromatic heterocycles. The van der Waals surface area contributed by atoms with Gasteiger partial charge in [-0.2, -0.15) is 0 Å². The third-order valence-corrected chi connectivity index (χ3v) is 5.05. The zero-order valence-corrected chi connectivity index (χ0v) is 14.9. The van der Waals surface area contributed by atoms with Crippen LogP contribution in [-0.2, 0) is 16.1 Å². The number of nitrogens with zero attached hydrogens (tertiary/aromatic N) is 3. The minimum Gasteiger partial charge on any atom is -0.373 e. The number of likely N-dealkylation sites (tertiary alicyclic amines) is 1. The maximum atomic E-state index is 12.6. The van der Waals surface area contributed by atoms with Gasteiger partial charge >= 0.3 is 0 Å². The average molecular weight is 353 g/mol. The Hall–Kier alpha value is -2.31. The molecule has 1 atom stereocenters. The number of amides is 1. The Balaban J connectivity index is 1.32. The van der Waals surface area contributed by atoms with Gasteiger partial charge in [-0.15, -0.1) is 0 Å². The van der Waals surface area contributed by atoms with Crippen LogP contribution in [0.5, 0.6) is 0 Å². The molecule has 0 aromatic carbocycles. The molecular weight excluding hydrogens is 330 g/mol. The number of ether oxygens (including phenoxy) is 2. The molecule has 0 N–H and O–H groups in total. The minimum atomic E-state index is -0.256. The molecule has 1 amide bonds. The van der Waals surface area contributed by atoms with Crippen molar-refractivity contribution in [3.8, 4) is 0 Å². The van der Waals surface area contributed by atoms with Crippen molar-refractivity contribution in [2.45, 2.75) is 38.1 Å². The second-order valence-electron chi connectivity index (χ2n) is 7.22.